The third-order valence-electron chi connectivity index (χ3n) is 3.47. The predicted octanol–water partition coefficient (Wildman–Crippen LogP) is 1.06. The summed E-state index contributed by atoms with van der Waals surface area (Å²) in [4.78, 5) is 12.1. The van der Waals surface area contributed by atoms with Crippen molar-refractivity contribution in [2.45, 2.75) is 18.3 Å². The van der Waals surface area contributed by atoms with E-state index < -0.39 is 5.41 Å². The van der Waals surface area contributed by atoms with E-state index in [2.05, 4.69) is 5.32 Å². The molecule has 4 heteroatoms. The highest BCUT2D eigenvalue weighted by molar-refractivity contribution is 5.90. The molecular formula is C13H18N2O2. The van der Waals surface area contributed by atoms with Crippen LogP contribution in [0.5, 0.6) is 0 Å². The average Bonchev–Trinajstić information content (AvgIpc) is 2.70. The molecule has 0 aromatic heterocycles. The van der Waals surface area contributed by atoms with Crippen molar-refractivity contribution in [1.29, 1.82) is 0 Å². The predicted molar refractivity (Wildman–Crippen MR) is 66.7 cm³/mol. The lowest BCUT2D eigenvalue weighted by atomic mass is 9.76. The summed E-state index contributed by atoms with van der Waals surface area (Å²) in [6, 6.07) is 7.57. The Morgan fingerprint density at radius 3 is 2.65 bits per heavy atom. The first-order valence-electron chi connectivity index (χ1n) is 5.82. The van der Waals surface area contributed by atoms with Crippen LogP contribution in [0.25, 0.3) is 0 Å². The molecule has 92 valence electrons. The van der Waals surface area contributed by atoms with E-state index in [1.807, 2.05) is 24.3 Å². The number of carbonyl (C=O) groups is 1. The highest BCUT2D eigenvalue weighted by Crippen LogP contribution is 2.35. The number of hydrogen-bond donors (Lipinski definition) is 2. The first-order chi connectivity index (χ1) is 8.19. The van der Waals surface area contributed by atoms with Gasteiger partial charge in [0.25, 0.3) is 0 Å². The zero-order chi connectivity index (χ0) is 12.3. The molecule has 3 N–H and O–H groups in total. The Hall–Kier alpha value is -1.55. The van der Waals surface area contributed by atoms with E-state index in [4.69, 9.17) is 10.5 Å². The summed E-state index contributed by atoms with van der Waals surface area (Å²) in [6.07, 6.45) is 1.53. The van der Waals surface area contributed by atoms with Crippen LogP contribution in [0.15, 0.2) is 24.3 Å². The summed E-state index contributed by atoms with van der Waals surface area (Å²) >= 11 is 0. The molecule has 1 atom stereocenters. The number of hydrogen-bond acceptors (Lipinski definition) is 3. The van der Waals surface area contributed by atoms with Crippen LogP contribution in [0.2, 0.25) is 0 Å². The Morgan fingerprint density at radius 1 is 1.41 bits per heavy atom. The Bertz CT molecular complexity index is 402. The lowest BCUT2D eigenvalue weighted by Gasteiger charge is -2.26. The van der Waals surface area contributed by atoms with Crippen molar-refractivity contribution in [3.05, 3.63) is 29.8 Å². The highest BCUT2D eigenvalue weighted by Gasteiger charge is 2.43. The molecule has 4 nitrogen and oxygen atoms in total. The minimum Gasteiger partial charge on any atom is -0.399 e. The molecule has 2 rings (SSSR count). The Morgan fingerprint density at radius 2 is 2.12 bits per heavy atom. The van der Waals surface area contributed by atoms with E-state index in [-0.39, 0.29) is 5.91 Å². The van der Waals surface area contributed by atoms with Crippen LogP contribution in [0.3, 0.4) is 0 Å². The van der Waals surface area contributed by atoms with Gasteiger partial charge in [-0.15, -0.1) is 0 Å². The van der Waals surface area contributed by atoms with Gasteiger partial charge in [-0.2, -0.15) is 0 Å². The minimum absolute atomic E-state index is 0.0966. The summed E-state index contributed by atoms with van der Waals surface area (Å²) in [6.45, 7) is 1.31. The molecule has 1 aromatic rings. The molecule has 1 aliphatic heterocycles. The van der Waals surface area contributed by atoms with Crippen molar-refractivity contribution in [2.24, 2.45) is 0 Å². The zero-order valence-corrected chi connectivity index (χ0v) is 10.0. The summed E-state index contributed by atoms with van der Waals surface area (Å²) in [5, 5.41) is 2.91. The zero-order valence-electron chi connectivity index (χ0n) is 10.0. The van der Waals surface area contributed by atoms with Gasteiger partial charge in [0.05, 0.1) is 5.41 Å². The lowest BCUT2D eigenvalue weighted by Crippen LogP contribution is -2.36. The molecule has 0 aliphatic carbocycles. The Labute approximate surface area is 101 Å². The van der Waals surface area contributed by atoms with Crippen molar-refractivity contribution >= 4 is 11.6 Å². The minimum atomic E-state index is -0.441. The Kier molecular flexibility index (Phi) is 3.33. The standard InChI is InChI=1S/C13H18N2O2/c1-17-9-7-13(6-8-15-12(13)16)10-2-4-11(14)5-3-10/h2-5H,6-9,14H2,1H3,(H,15,16). The van der Waals surface area contributed by atoms with Gasteiger partial charge in [-0.05, 0) is 30.5 Å². The molecule has 1 unspecified atom stereocenters. The first kappa shape index (κ1) is 11.9. The molecule has 1 fully saturated rings. The number of anilines is 1. The van der Waals surface area contributed by atoms with Gasteiger partial charge in [0.2, 0.25) is 5.91 Å². The number of ether oxygens (including phenoxy) is 1. The summed E-state index contributed by atoms with van der Waals surface area (Å²) in [7, 11) is 1.66. The number of carbonyl (C=O) groups excluding carboxylic acids is 1. The lowest BCUT2D eigenvalue weighted by molar-refractivity contribution is -0.124. The van der Waals surface area contributed by atoms with Crippen LogP contribution in [0.4, 0.5) is 5.69 Å². The molecule has 1 heterocycles. The number of nitrogen functional groups attached to an aromatic ring is 1. The molecule has 1 aromatic carbocycles. The maximum Gasteiger partial charge on any atom is 0.230 e. The van der Waals surface area contributed by atoms with Crippen molar-refractivity contribution in [3.8, 4) is 0 Å². The van der Waals surface area contributed by atoms with Crippen LogP contribution < -0.4 is 11.1 Å². The molecule has 0 bridgehead atoms. The fraction of sp³-hybridized carbons (Fsp3) is 0.462. The van der Waals surface area contributed by atoms with Crippen LogP contribution in [0, 0.1) is 0 Å². The van der Waals surface area contributed by atoms with E-state index in [9.17, 15) is 4.79 Å². The summed E-state index contributed by atoms with van der Waals surface area (Å²) in [5.74, 6) is 0.0966. The quantitative estimate of drug-likeness (QED) is 0.766. The van der Waals surface area contributed by atoms with E-state index in [1.165, 1.54) is 0 Å². The third kappa shape index (κ3) is 2.13. The summed E-state index contributed by atoms with van der Waals surface area (Å²) in [5.41, 5.74) is 6.98. The van der Waals surface area contributed by atoms with E-state index in [0.29, 0.717) is 18.7 Å². The van der Waals surface area contributed by atoms with Gasteiger partial charge >= 0.3 is 0 Å². The van der Waals surface area contributed by atoms with Gasteiger partial charge in [0.15, 0.2) is 0 Å². The van der Waals surface area contributed by atoms with E-state index >= 15 is 0 Å². The van der Waals surface area contributed by atoms with Gasteiger partial charge in [-0.25, -0.2) is 0 Å². The monoisotopic (exact) mass is 234 g/mol. The number of nitrogens with two attached hydrogens (primary N) is 1. The molecule has 0 saturated carbocycles. The van der Waals surface area contributed by atoms with Gasteiger partial charge in [-0.1, -0.05) is 12.1 Å². The van der Waals surface area contributed by atoms with Crippen molar-refractivity contribution in [1.82, 2.24) is 5.32 Å². The van der Waals surface area contributed by atoms with Crippen molar-refractivity contribution in [2.75, 3.05) is 26.0 Å². The second-order valence-electron chi connectivity index (χ2n) is 4.45. The molecule has 0 radical (unpaired) electrons. The molecule has 1 aliphatic rings. The van der Waals surface area contributed by atoms with Gasteiger partial charge in [-0.3, -0.25) is 4.79 Å². The van der Waals surface area contributed by atoms with Crippen LogP contribution in [-0.4, -0.2) is 26.2 Å². The Balaban J connectivity index is 2.32. The van der Waals surface area contributed by atoms with Crippen LogP contribution in [0.1, 0.15) is 18.4 Å². The fourth-order valence-electron chi connectivity index (χ4n) is 2.41. The molecule has 1 amide bonds. The molecule has 1 saturated heterocycles. The molecular weight excluding hydrogens is 216 g/mol. The largest absolute Gasteiger partial charge is 0.399 e. The highest BCUT2D eigenvalue weighted by atomic mass is 16.5. The van der Waals surface area contributed by atoms with Gasteiger partial charge < -0.3 is 15.8 Å². The number of nitrogens with one attached hydrogen (secondary N) is 1. The fourth-order valence-corrected chi connectivity index (χ4v) is 2.41. The maximum absolute atomic E-state index is 12.1. The van der Waals surface area contributed by atoms with E-state index in [0.717, 1.165) is 18.5 Å². The molecule has 17 heavy (non-hydrogen) atoms. The topological polar surface area (TPSA) is 64.3 Å². The van der Waals surface area contributed by atoms with Crippen molar-refractivity contribution in [3.63, 3.8) is 0 Å². The van der Waals surface area contributed by atoms with Gasteiger partial charge in [0.1, 0.15) is 0 Å². The summed E-state index contributed by atoms with van der Waals surface area (Å²) < 4.78 is 5.12. The number of amides is 1. The van der Waals surface area contributed by atoms with Gasteiger partial charge in [0, 0.05) is 25.9 Å². The maximum atomic E-state index is 12.1. The van der Waals surface area contributed by atoms with Crippen LogP contribution in [-0.2, 0) is 14.9 Å². The van der Waals surface area contributed by atoms with Crippen molar-refractivity contribution < 1.29 is 9.53 Å². The third-order valence-corrected chi connectivity index (χ3v) is 3.47. The number of rotatable bonds is 4. The second kappa shape index (κ2) is 4.75. The first-order valence-corrected chi connectivity index (χ1v) is 5.82. The van der Waals surface area contributed by atoms with E-state index in [1.54, 1.807) is 7.11 Å². The number of methoxy groups -OCH3 is 1. The second-order valence-corrected chi connectivity index (χ2v) is 4.45. The average molecular weight is 234 g/mol. The smallest absolute Gasteiger partial charge is 0.230 e. The number of benzene rings is 1. The van der Waals surface area contributed by atoms with Crippen LogP contribution >= 0.6 is 0 Å². The normalized spacial score (nSPS) is 23.7. The SMILES string of the molecule is COCCC1(c2ccc(N)cc2)CCNC1=O. The molecule has 0 spiro atoms.